The molecule has 2 heterocycles. The summed E-state index contributed by atoms with van der Waals surface area (Å²) in [5.41, 5.74) is 4.18. The van der Waals surface area contributed by atoms with E-state index in [0.717, 1.165) is 73.1 Å². The minimum atomic E-state index is -0.985. The van der Waals surface area contributed by atoms with E-state index in [2.05, 4.69) is 20.9 Å². The summed E-state index contributed by atoms with van der Waals surface area (Å²) in [5.74, 6) is -0.888. The molecule has 0 saturated carbocycles. The number of nitrogens with zero attached hydrogens (tertiary/aromatic N) is 2. The van der Waals surface area contributed by atoms with Gasteiger partial charge in [0.2, 0.25) is 17.7 Å². The van der Waals surface area contributed by atoms with Crippen molar-refractivity contribution in [3.05, 3.63) is 41.0 Å². The van der Waals surface area contributed by atoms with Crippen molar-refractivity contribution >= 4 is 35.2 Å². The number of amides is 4. The van der Waals surface area contributed by atoms with Crippen LogP contribution in [0.1, 0.15) is 96.2 Å². The molecule has 1 aliphatic rings. The highest BCUT2D eigenvalue weighted by atomic mass is 32.1. The molecule has 0 spiro atoms. The van der Waals surface area contributed by atoms with Crippen molar-refractivity contribution in [3.63, 3.8) is 0 Å². The second-order valence-corrected chi connectivity index (χ2v) is 14.1. The van der Waals surface area contributed by atoms with E-state index >= 15 is 0 Å². The van der Waals surface area contributed by atoms with Crippen LogP contribution in [0.15, 0.2) is 29.8 Å². The number of aryl methyl sites for hydroxylation is 1. The monoisotopic (exact) mass is 657 g/mol. The van der Waals surface area contributed by atoms with Crippen LogP contribution in [-0.4, -0.2) is 75.2 Å². The van der Waals surface area contributed by atoms with Crippen molar-refractivity contribution in [1.82, 2.24) is 25.8 Å². The Labute approximate surface area is 276 Å². The number of hydrogen-bond donors (Lipinski definition) is 5. The molecule has 2 aromatic rings. The molecule has 12 heteroatoms. The topological polar surface area (TPSA) is 161 Å². The lowest BCUT2D eigenvalue weighted by molar-refractivity contribution is -0.144. The lowest BCUT2D eigenvalue weighted by atomic mass is 9.85. The summed E-state index contributed by atoms with van der Waals surface area (Å²) in [6, 6.07) is 6.26. The highest BCUT2D eigenvalue weighted by Crippen LogP contribution is 2.28. The Morgan fingerprint density at radius 2 is 1.61 bits per heavy atom. The molecule has 1 aromatic heterocycles. The Morgan fingerprint density at radius 3 is 2.20 bits per heavy atom. The molecule has 11 nitrogen and oxygen atoms in total. The van der Waals surface area contributed by atoms with Gasteiger partial charge in [-0.1, -0.05) is 83.6 Å². The number of aliphatic hydroxyl groups is 1. The summed E-state index contributed by atoms with van der Waals surface area (Å²) in [6.07, 6.45) is 6.33. The number of β-amino-alcohol motifs (C(OH)–C–C–N with tert-alkyl or cyclic N) is 1. The van der Waals surface area contributed by atoms with E-state index in [1.54, 1.807) is 11.3 Å². The van der Waals surface area contributed by atoms with Gasteiger partial charge in [0.1, 0.15) is 12.1 Å². The Balaban J connectivity index is 1.45. The first kappa shape index (κ1) is 37.0. The fourth-order valence-corrected chi connectivity index (χ4v) is 6.49. The van der Waals surface area contributed by atoms with E-state index in [1.165, 1.54) is 4.90 Å². The maximum atomic E-state index is 13.8. The molecule has 0 aliphatic carbocycles. The fourth-order valence-electron chi connectivity index (χ4n) is 5.68. The van der Waals surface area contributed by atoms with Gasteiger partial charge in [0.05, 0.1) is 22.2 Å². The zero-order valence-electron chi connectivity index (χ0n) is 27.6. The van der Waals surface area contributed by atoms with Gasteiger partial charge in [0.15, 0.2) is 0 Å². The van der Waals surface area contributed by atoms with Gasteiger partial charge < -0.3 is 31.1 Å². The normalized spacial score (nSPS) is 17.0. The SMILES string of the molecule is Cc1ncsc1-c1ccc(CNC(=O)[C@@H]2C[C@@H](O)CN2C(=O)[C@@H](NC(=O)CCCCCCCCCCNC(=O)O)C(C)(C)C)cc1. The van der Waals surface area contributed by atoms with Gasteiger partial charge in [-0.2, -0.15) is 0 Å². The third kappa shape index (κ3) is 11.7. The number of nitrogens with one attached hydrogen (secondary N) is 3. The molecular weight excluding hydrogens is 606 g/mol. The van der Waals surface area contributed by atoms with Gasteiger partial charge in [-0.15, -0.1) is 11.3 Å². The van der Waals surface area contributed by atoms with Crippen LogP contribution >= 0.6 is 11.3 Å². The molecule has 1 fully saturated rings. The quantitative estimate of drug-likeness (QED) is 0.150. The van der Waals surface area contributed by atoms with Crippen molar-refractivity contribution in [2.45, 2.75) is 117 Å². The van der Waals surface area contributed by atoms with E-state index in [0.29, 0.717) is 19.5 Å². The van der Waals surface area contributed by atoms with Gasteiger partial charge in [0, 0.05) is 32.5 Å². The summed E-state index contributed by atoms with van der Waals surface area (Å²) in [7, 11) is 0. The first-order valence-electron chi connectivity index (χ1n) is 16.4. The second-order valence-electron chi connectivity index (χ2n) is 13.3. The maximum Gasteiger partial charge on any atom is 0.404 e. The van der Waals surface area contributed by atoms with E-state index < -0.39 is 29.7 Å². The van der Waals surface area contributed by atoms with Crippen LogP contribution in [-0.2, 0) is 20.9 Å². The predicted molar refractivity (Wildman–Crippen MR) is 179 cm³/mol. The number of thiazole rings is 1. The summed E-state index contributed by atoms with van der Waals surface area (Å²) in [6.45, 7) is 8.43. The van der Waals surface area contributed by atoms with Gasteiger partial charge >= 0.3 is 6.09 Å². The van der Waals surface area contributed by atoms with Crippen LogP contribution in [0.5, 0.6) is 0 Å². The smallest absolute Gasteiger partial charge is 0.404 e. The number of carbonyl (C=O) groups excluding carboxylic acids is 3. The molecule has 1 saturated heterocycles. The Kier molecular flexibility index (Phi) is 14.5. The minimum absolute atomic E-state index is 0.0400. The highest BCUT2D eigenvalue weighted by Gasteiger charge is 2.44. The molecule has 254 valence electrons. The van der Waals surface area contributed by atoms with Crippen molar-refractivity contribution in [2.75, 3.05) is 13.1 Å². The Morgan fingerprint density at radius 1 is 0.978 bits per heavy atom. The van der Waals surface area contributed by atoms with Crippen LogP contribution in [0.2, 0.25) is 0 Å². The lowest BCUT2D eigenvalue weighted by Gasteiger charge is -2.35. The van der Waals surface area contributed by atoms with Crippen LogP contribution in [0.25, 0.3) is 10.4 Å². The number of likely N-dealkylation sites (tertiary alicyclic amines) is 1. The number of aromatic nitrogens is 1. The number of carboxylic acid groups (broad SMARTS) is 1. The number of carbonyl (C=O) groups is 4. The average molecular weight is 658 g/mol. The number of rotatable bonds is 17. The van der Waals surface area contributed by atoms with Gasteiger partial charge in [-0.05, 0) is 36.3 Å². The highest BCUT2D eigenvalue weighted by molar-refractivity contribution is 7.13. The maximum absolute atomic E-state index is 13.8. The van der Waals surface area contributed by atoms with E-state index in [-0.39, 0.29) is 30.7 Å². The molecule has 0 unspecified atom stereocenters. The van der Waals surface area contributed by atoms with Gasteiger partial charge in [0.25, 0.3) is 0 Å². The summed E-state index contributed by atoms with van der Waals surface area (Å²) in [4.78, 5) is 57.3. The molecule has 1 aliphatic heterocycles. The minimum Gasteiger partial charge on any atom is -0.465 e. The zero-order chi connectivity index (χ0) is 33.7. The largest absolute Gasteiger partial charge is 0.465 e. The van der Waals surface area contributed by atoms with Crippen molar-refractivity contribution < 1.29 is 29.4 Å². The van der Waals surface area contributed by atoms with Crippen molar-refractivity contribution in [3.8, 4) is 10.4 Å². The zero-order valence-corrected chi connectivity index (χ0v) is 28.5. The average Bonchev–Trinajstić information content (AvgIpc) is 3.61. The number of unbranched alkanes of at least 4 members (excludes halogenated alkanes) is 7. The second kappa shape index (κ2) is 18.0. The third-order valence-electron chi connectivity index (χ3n) is 8.32. The number of aliphatic hydroxyl groups excluding tert-OH is 1. The molecule has 1 aromatic carbocycles. The Bertz CT molecular complexity index is 1290. The molecule has 3 rings (SSSR count). The molecular formula is C34H51N5O6S. The van der Waals surface area contributed by atoms with E-state index in [1.807, 2.05) is 57.5 Å². The first-order valence-corrected chi connectivity index (χ1v) is 17.3. The summed E-state index contributed by atoms with van der Waals surface area (Å²) >= 11 is 1.58. The molecule has 0 radical (unpaired) electrons. The molecule has 46 heavy (non-hydrogen) atoms. The first-order chi connectivity index (χ1) is 21.9. The molecule has 4 amide bonds. The molecule has 3 atom stereocenters. The molecule has 5 N–H and O–H groups in total. The van der Waals surface area contributed by atoms with E-state index in [9.17, 15) is 24.3 Å². The van der Waals surface area contributed by atoms with E-state index in [4.69, 9.17) is 5.11 Å². The molecule has 0 bridgehead atoms. The standard InChI is InChI=1S/C34H51N5O6S/c1-23-29(46-22-37-23)25-16-14-24(15-17-25)20-36-31(42)27-19-26(40)21-39(27)32(43)30(34(2,3)4)38-28(41)13-11-9-7-5-6-8-10-12-18-35-33(44)45/h14-17,22,26-27,30,35,40H,5-13,18-21H2,1-4H3,(H,36,42)(H,38,41)(H,44,45)/t26-,27+,30-/m1/s1. The van der Waals surface area contributed by atoms with Crippen molar-refractivity contribution in [2.24, 2.45) is 5.41 Å². The summed E-state index contributed by atoms with van der Waals surface area (Å²) in [5, 5.41) is 27.3. The van der Waals surface area contributed by atoms with Gasteiger partial charge in [-0.3, -0.25) is 14.4 Å². The Hall–Kier alpha value is -3.51. The van der Waals surface area contributed by atoms with Crippen LogP contribution in [0.3, 0.4) is 0 Å². The van der Waals surface area contributed by atoms with Crippen LogP contribution in [0, 0.1) is 12.3 Å². The number of hydrogen-bond acceptors (Lipinski definition) is 7. The van der Waals surface area contributed by atoms with Gasteiger partial charge in [-0.25, -0.2) is 9.78 Å². The third-order valence-corrected chi connectivity index (χ3v) is 9.30. The summed E-state index contributed by atoms with van der Waals surface area (Å²) < 4.78 is 0. The van der Waals surface area contributed by atoms with Crippen molar-refractivity contribution in [1.29, 1.82) is 0 Å². The predicted octanol–water partition coefficient (Wildman–Crippen LogP) is 5.01. The van der Waals surface area contributed by atoms with Crippen LogP contribution in [0.4, 0.5) is 4.79 Å². The lowest BCUT2D eigenvalue weighted by Crippen LogP contribution is -2.57. The van der Waals surface area contributed by atoms with Crippen LogP contribution < -0.4 is 16.0 Å². The number of benzene rings is 1. The fraction of sp³-hybridized carbons (Fsp3) is 0.618.